The molecule has 5 rings (SSSR count). The van der Waals surface area contributed by atoms with Gasteiger partial charge in [-0.2, -0.15) is 10.4 Å². The van der Waals surface area contributed by atoms with Gasteiger partial charge >= 0.3 is 0 Å². The third kappa shape index (κ3) is 2.48. The van der Waals surface area contributed by atoms with Gasteiger partial charge in [-0.25, -0.2) is 0 Å². The van der Waals surface area contributed by atoms with Crippen LogP contribution in [0, 0.1) is 11.3 Å². The smallest absolute Gasteiger partial charge is 0.162 e. The number of fused-ring (bicyclic) bond motifs is 3. The molecule has 0 unspecified atom stereocenters. The van der Waals surface area contributed by atoms with E-state index in [1.165, 1.54) is 0 Å². The van der Waals surface area contributed by atoms with E-state index >= 15 is 0 Å². The fourth-order valence-electron chi connectivity index (χ4n) is 3.64. The number of hydrogen-bond donors (Lipinski definition) is 0. The zero-order chi connectivity index (χ0) is 19.3. The van der Waals surface area contributed by atoms with Crippen LogP contribution in [0.5, 0.6) is 11.5 Å². The molecule has 0 radical (unpaired) electrons. The number of nitriles is 1. The minimum absolute atomic E-state index is 0.425. The summed E-state index contributed by atoms with van der Waals surface area (Å²) in [5.41, 5.74) is 4.35. The Balaban J connectivity index is 1.85. The largest absolute Gasteiger partial charge is 0.493 e. The summed E-state index contributed by atoms with van der Waals surface area (Å²) in [6, 6.07) is 14.0. The van der Waals surface area contributed by atoms with Crippen molar-refractivity contribution in [3.05, 3.63) is 48.2 Å². The van der Waals surface area contributed by atoms with Gasteiger partial charge < -0.3 is 9.47 Å². The summed E-state index contributed by atoms with van der Waals surface area (Å²) in [6.07, 6.45) is 4.16. The van der Waals surface area contributed by atoms with Crippen LogP contribution in [0.3, 0.4) is 0 Å². The quantitative estimate of drug-likeness (QED) is 0.530. The molecule has 6 heteroatoms. The summed E-state index contributed by atoms with van der Waals surface area (Å²) in [5, 5.41) is 16.1. The van der Waals surface area contributed by atoms with E-state index in [2.05, 4.69) is 15.7 Å². The first kappa shape index (κ1) is 16.6. The second-order valence-electron chi connectivity index (χ2n) is 6.96. The maximum Gasteiger partial charge on any atom is 0.162 e. The van der Waals surface area contributed by atoms with Gasteiger partial charge in [0.05, 0.1) is 49.1 Å². The van der Waals surface area contributed by atoms with Crippen LogP contribution in [0.2, 0.25) is 0 Å². The summed E-state index contributed by atoms with van der Waals surface area (Å²) in [7, 11) is 3.25. The third-order valence-electron chi connectivity index (χ3n) is 5.22. The van der Waals surface area contributed by atoms with Gasteiger partial charge in [0.25, 0.3) is 0 Å². The monoisotopic (exact) mass is 370 g/mol. The van der Waals surface area contributed by atoms with E-state index < -0.39 is 0 Å². The molecule has 138 valence electrons. The van der Waals surface area contributed by atoms with Gasteiger partial charge in [0.15, 0.2) is 11.5 Å². The standard InChI is InChI=1S/C22H18N4O2/c1-27-19-9-16-17(10-20(19)28-2)24-12-18-21(16)22(25-26(18)15-7-8-15)14-5-3-13(11-23)4-6-14/h3-6,9-10,12,15H,7-8H2,1-2H3. The number of nitrogens with zero attached hydrogens (tertiary/aromatic N) is 4. The van der Waals surface area contributed by atoms with E-state index in [1.807, 2.05) is 42.6 Å². The van der Waals surface area contributed by atoms with Crippen molar-refractivity contribution in [3.63, 3.8) is 0 Å². The second-order valence-corrected chi connectivity index (χ2v) is 6.96. The van der Waals surface area contributed by atoms with E-state index in [-0.39, 0.29) is 0 Å². The number of rotatable bonds is 4. The zero-order valence-electron chi connectivity index (χ0n) is 15.6. The van der Waals surface area contributed by atoms with E-state index in [0.29, 0.717) is 23.1 Å². The van der Waals surface area contributed by atoms with Crippen molar-refractivity contribution in [1.29, 1.82) is 5.26 Å². The summed E-state index contributed by atoms with van der Waals surface area (Å²) < 4.78 is 13.0. The Morgan fingerprint density at radius 1 is 1.07 bits per heavy atom. The first-order chi connectivity index (χ1) is 13.7. The SMILES string of the molecule is COc1cc2ncc3c(c(-c4ccc(C#N)cc4)nn3C3CC3)c2cc1OC. The lowest BCUT2D eigenvalue weighted by atomic mass is 10.0. The normalized spacial score (nSPS) is 13.6. The highest BCUT2D eigenvalue weighted by molar-refractivity contribution is 6.12. The first-order valence-corrected chi connectivity index (χ1v) is 9.17. The van der Waals surface area contributed by atoms with Crippen LogP contribution in [-0.4, -0.2) is 29.0 Å². The molecule has 1 aliphatic carbocycles. The van der Waals surface area contributed by atoms with Gasteiger partial charge in [-0.15, -0.1) is 0 Å². The fourth-order valence-corrected chi connectivity index (χ4v) is 3.64. The van der Waals surface area contributed by atoms with Crippen LogP contribution in [0.1, 0.15) is 24.4 Å². The molecule has 0 bridgehead atoms. The summed E-state index contributed by atoms with van der Waals surface area (Å²) in [4.78, 5) is 4.66. The van der Waals surface area contributed by atoms with E-state index in [9.17, 15) is 0 Å². The Labute approximate surface area is 161 Å². The molecule has 1 aliphatic rings. The number of pyridine rings is 1. The summed E-state index contributed by atoms with van der Waals surface area (Å²) in [6.45, 7) is 0. The number of methoxy groups -OCH3 is 2. The van der Waals surface area contributed by atoms with Crippen molar-refractivity contribution < 1.29 is 9.47 Å². The Bertz CT molecular complexity index is 1250. The van der Waals surface area contributed by atoms with E-state index in [4.69, 9.17) is 19.8 Å². The fraction of sp³-hybridized carbons (Fsp3) is 0.227. The Morgan fingerprint density at radius 3 is 2.43 bits per heavy atom. The molecule has 2 aromatic carbocycles. The molecule has 2 heterocycles. The molecule has 6 nitrogen and oxygen atoms in total. The minimum atomic E-state index is 0.425. The molecule has 0 atom stereocenters. The number of aromatic nitrogens is 3. The van der Waals surface area contributed by atoms with E-state index in [1.54, 1.807) is 14.2 Å². The van der Waals surface area contributed by atoms with Crippen LogP contribution >= 0.6 is 0 Å². The van der Waals surface area contributed by atoms with Gasteiger partial charge in [0.2, 0.25) is 0 Å². The lowest BCUT2D eigenvalue weighted by molar-refractivity contribution is 0.356. The predicted molar refractivity (Wildman–Crippen MR) is 107 cm³/mol. The number of hydrogen-bond acceptors (Lipinski definition) is 5. The van der Waals surface area contributed by atoms with Crippen molar-refractivity contribution in [2.45, 2.75) is 18.9 Å². The first-order valence-electron chi connectivity index (χ1n) is 9.17. The second kappa shape index (κ2) is 6.24. The van der Waals surface area contributed by atoms with E-state index in [0.717, 1.165) is 45.9 Å². The average Bonchev–Trinajstić information content (AvgIpc) is 3.52. The molecule has 0 N–H and O–H groups in total. The van der Waals surface area contributed by atoms with Crippen LogP contribution < -0.4 is 9.47 Å². The predicted octanol–water partition coefficient (Wildman–Crippen LogP) is 4.48. The summed E-state index contributed by atoms with van der Waals surface area (Å²) >= 11 is 0. The van der Waals surface area contributed by atoms with Gasteiger partial charge in [-0.05, 0) is 31.0 Å². The Kier molecular flexibility index (Phi) is 3.69. The van der Waals surface area contributed by atoms with Gasteiger partial charge in [0.1, 0.15) is 5.69 Å². The highest BCUT2D eigenvalue weighted by Crippen LogP contribution is 2.43. The molecule has 4 aromatic rings. The minimum Gasteiger partial charge on any atom is -0.493 e. The molecule has 0 spiro atoms. The number of ether oxygens (including phenoxy) is 2. The molecule has 0 amide bonds. The van der Waals surface area contributed by atoms with Crippen molar-refractivity contribution in [2.75, 3.05) is 14.2 Å². The third-order valence-corrected chi connectivity index (χ3v) is 5.22. The van der Waals surface area contributed by atoms with Crippen LogP contribution in [-0.2, 0) is 0 Å². The maximum absolute atomic E-state index is 9.10. The molecule has 1 saturated carbocycles. The zero-order valence-corrected chi connectivity index (χ0v) is 15.6. The highest BCUT2D eigenvalue weighted by atomic mass is 16.5. The van der Waals surface area contributed by atoms with Gasteiger partial charge in [-0.3, -0.25) is 9.67 Å². The van der Waals surface area contributed by atoms with Crippen molar-refractivity contribution in [1.82, 2.24) is 14.8 Å². The van der Waals surface area contributed by atoms with Crippen molar-refractivity contribution >= 4 is 21.8 Å². The molecule has 0 aliphatic heterocycles. The van der Waals surface area contributed by atoms with Crippen LogP contribution in [0.4, 0.5) is 0 Å². The Morgan fingerprint density at radius 2 is 1.79 bits per heavy atom. The molecular formula is C22H18N4O2. The molecule has 2 aromatic heterocycles. The molecule has 28 heavy (non-hydrogen) atoms. The average molecular weight is 370 g/mol. The Hall–Kier alpha value is -3.59. The lowest BCUT2D eigenvalue weighted by Gasteiger charge is -2.10. The van der Waals surface area contributed by atoms with Crippen molar-refractivity contribution in [2.24, 2.45) is 0 Å². The topological polar surface area (TPSA) is 73.0 Å². The van der Waals surface area contributed by atoms with Crippen LogP contribution in [0.15, 0.2) is 42.6 Å². The molecule has 1 fully saturated rings. The van der Waals surface area contributed by atoms with Gasteiger partial charge in [0, 0.05) is 22.4 Å². The molecular weight excluding hydrogens is 352 g/mol. The highest BCUT2D eigenvalue weighted by Gasteiger charge is 2.28. The van der Waals surface area contributed by atoms with Gasteiger partial charge in [-0.1, -0.05) is 12.1 Å². The van der Waals surface area contributed by atoms with Crippen LogP contribution in [0.25, 0.3) is 33.1 Å². The van der Waals surface area contributed by atoms with Crippen molar-refractivity contribution in [3.8, 4) is 28.8 Å². The summed E-state index contributed by atoms with van der Waals surface area (Å²) in [5.74, 6) is 1.31. The lowest BCUT2D eigenvalue weighted by Crippen LogP contribution is -1.96. The number of benzene rings is 2. The maximum atomic E-state index is 9.10. The molecule has 0 saturated heterocycles.